The number of hydrogen-bond acceptors (Lipinski definition) is 4. The van der Waals surface area contributed by atoms with Gasteiger partial charge in [-0.25, -0.2) is 4.79 Å². The fourth-order valence-corrected chi connectivity index (χ4v) is 3.17. The topological polar surface area (TPSA) is 75.7 Å². The predicted octanol–water partition coefficient (Wildman–Crippen LogP) is 3.62. The van der Waals surface area contributed by atoms with Crippen LogP contribution in [0, 0.1) is 5.92 Å². The highest BCUT2D eigenvalue weighted by Crippen LogP contribution is 2.27. The Kier molecular flexibility index (Phi) is 5.91. The van der Waals surface area contributed by atoms with Crippen LogP contribution < -0.4 is 10.2 Å². The molecule has 2 amide bonds. The molecule has 6 nitrogen and oxygen atoms in total. The largest absolute Gasteiger partial charge is 0.462 e. The van der Waals surface area contributed by atoms with Gasteiger partial charge in [0.25, 0.3) is 0 Å². The van der Waals surface area contributed by atoms with Crippen LogP contribution in [-0.4, -0.2) is 30.9 Å². The summed E-state index contributed by atoms with van der Waals surface area (Å²) in [7, 11) is 0. The number of amides is 2. The van der Waals surface area contributed by atoms with Crippen molar-refractivity contribution >= 4 is 45.1 Å². The Balaban J connectivity index is 1.62. The van der Waals surface area contributed by atoms with Crippen molar-refractivity contribution in [3.05, 3.63) is 58.6 Å². The molecule has 0 saturated carbocycles. The van der Waals surface area contributed by atoms with Gasteiger partial charge in [-0.15, -0.1) is 0 Å². The lowest BCUT2D eigenvalue weighted by atomic mass is 10.1. The first-order chi connectivity index (χ1) is 13.0. The summed E-state index contributed by atoms with van der Waals surface area (Å²) in [6, 6.07) is 13.9. The van der Waals surface area contributed by atoms with Crippen LogP contribution in [0.1, 0.15) is 23.7 Å². The normalized spacial score (nSPS) is 16.3. The Hall–Kier alpha value is -2.67. The van der Waals surface area contributed by atoms with Gasteiger partial charge in [-0.2, -0.15) is 0 Å². The SMILES string of the molecule is CCOC(=O)c1ccc(NC(=O)[C@H]2CC(=O)N(c3ccc(Br)cc3)C2)cc1. The van der Waals surface area contributed by atoms with E-state index in [1.807, 2.05) is 24.3 Å². The predicted molar refractivity (Wildman–Crippen MR) is 106 cm³/mol. The Labute approximate surface area is 165 Å². The van der Waals surface area contributed by atoms with Crippen LogP contribution in [0.15, 0.2) is 53.0 Å². The van der Waals surface area contributed by atoms with E-state index < -0.39 is 11.9 Å². The van der Waals surface area contributed by atoms with E-state index in [9.17, 15) is 14.4 Å². The van der Waals surface area contributed by atoms with Crippen LogP contribution in [0.25, 0.3) is 0 Å². The van der Waals surface area contributed by atoms with Crippen LogP contribution in [0.2, 0.25) is 0 Å². The van der Waals surface area contributed by atoms with Crippen molar-refractivity contribution in [2.45, 2.75) is 13.3 Å². The molecule has 1 fully saturated rings. The van der Waals surface area contributed by atoms with E-state index in [-0.39, 0.29) is 18.2 Å². The molecule has 27 heavy (non-hydrogen) atoms. The molecule has 2 aromatic rings. The Morgan fingerprint density at radius 3 is 2.44 bits per heavy atom. The zero-order chi connectivity index (χ0) is 19.4. The number of anilines is 2. The third kappa shape index (κ3) is 4.54. The second kappa shape index (κ2) is 8.35. The summed E-state index contributed by atoms with van der Waals surface area (Å²) in [5.74, 6) is -1.12. The fourth-order valence-electron chi connectivity index (χ4n) is 2.90. The number of carbonyl (C=O) groups excluding carboxylic acids is 3. The van der Waals surface area contributed by atoms with Gasteiger partial charge in [-0.1, -0.05) is 15.9 Å². The minimum absolute atomic E-state index is 0.0740. The lowest BCUT2D eigenvalue weighted by Gasteiger charge is -2.17. The van der Waals surface area contributed by atoms with Crippen molar-refractivity contribution in [3.63, 3.8) is 0 Å². The van der Waals surface area contributed by atoms with E-state index in [1.54, 1.807) is 36.1 Å². The van der Waals surface area contributed by atoms with Crippen molar-refractivity contribution in [2.24, 2.45) is 5.92 Å². The third-order valence-corrected chi connectivity index (χ3v) is 4.83. The number of nitrogens with zero attached hydrogens (tertiary/aromatic N) is 1. The van der Waals surface area contributed by atoms with Crippen molar-refractivity contribution in [1.29, 1.82) is 0 Å². The van der Waals surface area contributed by atoms with Crippen LogP contribution in [0.4, 0.5) is 11.4 Å². The highest BCUT2D eigenvalue weighted by molar-refractivity contribution is 9.10. The molecule has 3 rings (SSSR count). The molecule has 0 unspecified atom stereocenters. The smallest absolute Gasteiger partial charge is 0.338 e. The number of halogens is 1. The molecular formula is C20H19BrN2O4. The van der Waals surface area contributed by atoms with Gasteiger partial charge in [0.05, 0.1) is 18.1 Å². The molecule has 1 heterocycles. The zero-order valence-electron chi connectivity index (χ0n) is 14.8. The fraction of sp³-hybridized carbons (Fsp3) is 0.250. The molecule has 7 heteroatoms. The van der Waals surface area contributed by atoms with Crippen LogP contribution in [0.5, 0.6) is 0 Å². The van der Waals surface area contributed by atoms with Gasteiger partial charge >= 0.3 is 5.97 Å². The molecule has 140 valence electrons. The molecular weight excluding hydrogens is 412 g/mol. The number of carbonyl (C=O) groups is 3. The zero-order valence-corrected chi connectivity index (χ0v) is 16.4. The maximum Gasteiger partial charge on any atom is 0.338 e. The first-order valence-corrected chi connectivity index (χ1v) is 9.41. The summed E-state index contributed by atoms with van der Waals surface area (Å²) in [4.78, 5) is 38.1. The molecule has 0 radical (unpaired) electrons. The average Bonchev–Trinajstić information content (AvgIpc) is 3.05. The van der Waals surface area contributed by atoms with Crippen molar-refractivity contribution in [1.82, 2.24) is 0 Å². The Morgan fingerprint density at radius 2 is 1.81 bits per heavy atom. The van der Waals surface area contributed by atoms with Crippen molar-refractivity contribution in [2.75, 3.05) is 23.4 Å². The van der Waals surface area contributed by atoms with Gasteiger partial charge in [-0.3, -0.25) is 9.59 Å². The van der Waals surface area contributed by atoms with E-state index in [1.165, 1.54) is 0 Å². The van der Waals surface area contributed by atoms with Crippen LogP contribution in [0.3, 0.4) is 0 Å². The maximum absolute atomic E-state index is 12.5. The number of nitrogens with one attached hydrogen (secondary N) is 1. The van der Waals surface area contributed by atoms with E-state index >= 15 is 0 Å². The molecule has 1 N–H and O–H groups in total. The first kappa shape index (κ1) is 19.1. The summed E-state index contributed by atoms with van der Waals surface area (Å²) in [6.07, 6.45) is 0.169. The summed E-state index contributed by atoms with van der Waals surface area (Å²) in [6.45, 7) is 2.39. The molecule has 1 atom stereocenters. The summed E-state index contributed by atoms with van der Waals surface area (Å²) < 4.78 is 5.86. The standard InChI is InChI=1S/C20H19BrN2O4/c1-2-27-20(26)13-3-7-16(8-4-13)22-19(25)14-11-18(24)23(12-14)17-9-5-15(21)6-10-17/h3-10,14H,2,11-12H2,1H3,(H,22,25)/t14-/m0/s1. The average molecular weight is 431 g/mol. The number of hydrogen-bond donors (Lipinski definition) is 1. The molecule has 0 spiro atoms. The molecule has 1 aliphatic heterocycles. The molecule has 2 aromatic carbocycles. The molecule has 1 aliphatic rings. The number of benzene rings is 2. The van der Waals surface area contributed by atoms with Gasteiger partial charge in [0.1, 0.15) is 0 Å². The lowest BCUT2D eigenvalue weighted by molar-refractivity contribution is -0.122. The third-order valence-electron chi connectivity index (χ3n) is 4.30. The van der Waals surface area contributed by atoms with E-state index in [4.69, 9.17) is 4.74 Å². The second-order valence-electron chi connectivity index (χ2n) is 6.17. The van der Waals surface area contributed by atoms with Crippen LogP contribution >= 0.6 is 15.9 Å². The monoisotopic (exact) mass is 430 g/mol. The first-order valence-electron chi connectivity index (χ1n) is 8.62. The van der Waals surface area contributed by atoms with Gasteiger partial charge in [0, 0.05) is 28.8 Å². The molecule has 0 aromatic heterocycles. The van der Waals surface area contributed by atoms with Crippen molar-refractivity contribution in [3.8, 4) is 0 Å². The highest BCUT2D eigenvalue weighted by Gasteiger charge is 2.35. The van der Waals surface area contributed by atoms with Gasteiger partial charge in [0.15, 0.2) is 0 Å². The lowest BCUT2D eigenvalue weighted by Crippen LogP contribution is -2.28. The summed E-state index contributed by atoms with van der Waals surface area (Å²) in [5.41, 5.74) is 1.77. The van der Waals surface area contributed by atoms with Gasteiger partial charge in [-0.05, 0) is 55.5 Å². The van der Waals surface area contributed by atoms with Crippen molar-refractivity contribution < 1.29 is 19.1 Å². The maximum atomic E-state index is 12.5. The Bertz CT molecular complexity index is 849. The Morgan fingerprint density at radius 1 is 1.15 bits per heavy atom. The second-order valence-corrected chi connectivity index (χ2v) is 7.08. The molecule has 1 saturated heterocycles. The van der Waals surface area contributed by atoms with Gasteiger partial charge < -0.3 is 15.0 Å². The molecule has 0 aliphatic carbocycles. The van der Waals surface area contributed by atoms with E-state index in [0.29, 0.717) is 24.4 Å². The van der Waals surface area contributed by atoms with Gasteiger partial charge in [0.2, 0.25) is 11.8 Å². The van der Waals surface area contributed by atoms with E-state index in [0.717, 1.165) is 10.2 Å². The number of ether oxygens (including phenoxy) is 1. The minimum Gasteiger partial charge on any atom is -0.462 e. The number of esters is 1. The minimum atomic E-state index is -0.425. The van der Waals surface area contributed by atoms with E-state index in [2.05, 4.69) is 21.2 Å². The van der Waals surface area contributed by atoms with Crippen LogP contribution in [-0.2, 0) is 14.3 Å². The summed E-state index contributed by atoms with van der Waals surface area (Å²) in [5, 5.41) is 2.81. The highest BCUT2D eigenvalue weighted by atomic mass is 79.9. The quantitative estimate of drug-likeness (QED) is 0.734. The number of rotatable bonds is 5. The molecule has 0 bridgehead atoms. The summed E-state index contributed by atoms with van der Waals surface area (Å²) >= 11 is 3.37.